The van der Waals surface area contributed by atoms with Gasteiger partial charge in [0.05, 0.1) is 0 Å². The highest BCUT2D eigenvalue weighted by molar-refractivity contribution is 5.48. The van der Waals surface area contributed by atoms with Gasteiger partial charge < -0.3 is 5.32 Å². The van der Waals surface area contributed by atoms with Crippen LogP contribution in [0.1, 0.15) is 16.7 Å². The SMILES string of the molecule is Cc1cccc(C)c1CNc1c(F)c(F)cc(F)c1F. The monoisotopic (exact) mass is 283 g/mol. The standard InChI is InChI=1S/C15H13F4N/c1-8-4-3-5-9(2)10(8)7-20-15-13(18)11(16)6-12(17)14(15)19/h3-6,20H,7H2,1-2H3. The first-order chi connectivity index (χ1) is 9.41. The Morgan fingerprint density at radius 3 is 1.90 bits per heavy atom. The zero-order valence-electron chi connectivity index (χ0n) is 11.0. The largest absolute Gasteiger partial charge is 0.376 e. The molecule has 0 aliphatic carbocycles. The minimum atomic E-state index is -1.42. The number of anilines is 1. The summed E-state index contributed by atoms with van der Waals surface area (Å²) in [7, 11) is 0. The molecule has 0 heterocycles. The van der Waals surface area contributed by atoms with E-state index < -0.39 is 29.0 Å². The molecule has 0 atom stereocenters. The lowest BCUT2D eigenvalue weighted by molar-refractivity contribution is 0.458. The second kappa shape index (κ2) is 5.53. The van der Waals surface area contributed by atoms with Gasteiger partial charge in [-0.2, -0.15) is 0 Å². The Balaban J connectivity index is 2.32. The molecule has 5 heteroatoms. The van der Waals surface area contributed by atoms with E-state index in [9.17, 15) is 17.6 Å². The summed E-state index contributed by atoms with van der Waals surface area (Å²) in [4.78, 5) is 0. The van der Waals surface area contributed by atoms with Crippen molar-refractivity contribution in [3.8, 4) is 0 Å². The molecule has 2 aromatic carbocycles. The summed E-state index contributed by atoms with van der Waals surface area (Å²) in [5.41, 5.74) is 1.89. The van der Waals surface area contributed by atoms with Crippen LogP contribution in [0, 0.1) is 37.1 Å². The number of aryl methyl sites for hydroxylation is 2. The summed E-state index contributed by atoms with van der Waals surface area (Å²) < 4.78 is 53.2. The fraction of sp³-hybridized carbons (Fsp3) is 0.200. The topological polar surface area (TPSA) is 12.0 Å². The molecule has 20 heavy (non-hydrogen) atoms. The summed E-state index contributed by atoms with van der Waals surface area (Å²) in [6.45, 7) is 3.78. The van der Waals surface area contributed by atoms with Crippen molar-refractivity contribution >= 4 is 5.69 Å². The maximum atomic E-state index is 13.5. The van der Waals surface area contributed by atoms with Crippen LogP contribution in [0.5, 0.6) is 0 Å². The molecule has 0 radical (unpaired) electrons. The Morgan fingerprint density at radius 1 is 0.900 bits per heavy atom. The highest BCUT2D eigenvalue weighted by Gasteiger charge is 2.19. The van der Waals surface area contributed by atoms with Crippen molar-refractivity contribution in [1.82, 2.24) is 0 Å². The van der Waals surface area contributed by atoms with Gasteiger partial charge in [-0.1, -0.05) is 18.2 Å². The van der Waals surface area contributed by atoms with Crippen molar-refractivity contribution < 1.29 is 17.6 Å². The average Bonchev–Trinajstić information content (AvgIpc) is 2.39. The molecule has 0 spiro atoms. The van der Waals surface area contributed by atoms with E-state index in [-0.39, 0.29) is 12.6 Å². The third kappa shape index (κ3) is 2.61. The maximum Gasteiger partial charge on any atom is 0.185 e. The Kier molecular flexibility index (Phi) is 3.97. The van der Waals surface area contributed by atoms with Crippen molar-refractivity contribution in [2.75, 3.05) is 5.32 Å². The quantitative estimate of drug-likeness (QED) is 0.647. The second-order valence-corrected chi connectivity index (χ2v) is 4.57. The highest BCUT2D eigenvalue weighted by atomic mass is 19.2. The van der Waals surface area contributed by atoms with Crippen LogP contribution in [0.2, 0.25) is 0 Å². The van der Waals surface area contributed by atoms with Gasteiger partial charge in [-0.3, -0.25) is 0 Å². The smallest absolute Gasteiger partial charge is 0.185 e. The zero-order chi connectivity index (χ0) is 14.9. The van der Waals surface area contributed by atoms with Gasteiger partial charge in [0.2, 0.25) is 0 Å². The van der Waals surface area contributed by atoms with Gasteiger partial charge in [-0.05, 0) is 30.5 Å². The van der Waals surface area contributed by atoms with Gasteiger partial charge in [0.1, 0.15) is 5.69 Å². The number of hydrogen-bond donors (Lipinski definition) is 1. The van der Waals surface area contributed by atoms with E-state index in [2.05, 4.69) is 5.32 Å². The van der Waals surface area contributed by atoms with Crippen LogP contribution in [0.3, 0.4) is 0 Å². The summed E-state index contributed by atoms with van der Waals surface area (Å²) in [5.74, 6) is -5.69. The van der Waals surface area contributed by atoms with Gasteiger partial charge >= 0.3 is 0 Å². The Labute approximate surface area is 114 Å². The molecule has 0 unspecified atom stereocenters. The van der Waals surface area contributed by atoms with E-state index in [1.807, 2.05) is 32.0 Å². The predicted octanol–water partition coefficient (Wildman–Crippen LogP) is 4.47. The molecular formula is C15H13F4N. The van der Waals surface area contributed by atoms with E-state index in [0.29, 0.717) is 0 Å². The maximum absolute atomic E-state index is 13.5. The summed E-state index contributed by atoms with van der Waals surface area (Å²) in [6, 6.07) is 5.75. The molecule has 0 saturated heterocycles. The first-order valence-electron chi connectivity index (χ1n) is 6.03. The van der Waals surface area contributed by atoms with E-state index in [1.165, 1.54) is 0 Å². The predicted molar refractivity (Wildman–Crippen MR) is 69.5 cm³/mol. The van der Waals surface area contributed by atoms with Crippen molar-refractivity contribution in [3.63, 3.8) is 0 Å². The van der Waals surface area contributed by atoms with Crippen LogP contribution >= 0.6 is 0 Å². The van der Waals surface area contributed by atoms with Gasteiger partial charge in [0.15, 0.2) is 23.3 Å². The minimum Gasteiger partial charge on any atom is -0.376 e. The fourth-order valence-electron chi connectivity index (χ4n) is 2.03. The fourth-order valence-corrected chi connectivity index (χ4v) is 2.03. The molecule has 2 rings (SSSR count). The van der Waals surface area contributed by atoms with Gasteiger partial charge in [-0.25, -0.2) is 17.6 Å². The third-order valence-corrected chi connectivity index (χ3v) is 3.20. The number of hydrogen-bond acceptors (Lipinski definition) is 1. The molecule has 0 aliphatic rings. The molecule has 0 aliphatic heterocycles. The lowest BCUT2D eigenvalue weighted by Crippen LogP contribution is -2.09. The van der Waals surface area contributed by atoms with Gasteiger partial charge in [0, 0.05) is 12.6 Å². The summed E-state index contributed by atoms with van der Waals surface area (Å²) in [6.07, 6.45) is 0. The van der Waals surface area contributed by atoms with Gasteiger partial charge in [-0.15, -0.1) is 0 Å². The lowest BCUT2D eigenvalue weighted by atomic mass is 10.0. The molecule has 1 nitrogen and oxygen atoms in total. The van der Waals surface area contributed by atoms with Crippen LogP contribution in [-0.2, 0) is 6.54 Å². The third-order valence-electron chi connectivity index (χ3n) is 3.20. The number of rotatable bonds is 3. The van der Waals surface area contributed by atoms with Crippen LogP contribution in [0.4, 0.5) is 23.2 Å². The van der Waals surface area contributed by atoms with E-state index >= 15 is 0 Å². The molecule has 0 amide bonds. The normalized spacial score (nSPS) is 10.7. The van der Waals surface area contributed by atoms with Crippen LogP contribution in [-0.4, -0.2) is 0 Å². The molecule has 2 aromatic rings. The molecule has 0 fully saturated rings. The number of benzene rings is 2. The van der Waals surface area contributed by atoms with E-state index in [1.54, 1.807) is 0 Å². The van der Waals surface area contributed by atoms with Crippen LogP contribution in [0.25, 0.3) is 0 Å². The van der Waals surface area contributed by atoms with Crippen molar-refractivity contribution in [2.24, 2.45) is 0 Å². The number of nitrogens with one attached hydrogen (secondary N) is 1. The first-order valence-corrected chi connectivity index (χ1v) is 6.03. The molecule has 0 saturated carbocycles. The zero-order valence-corrected chi connectivity index (χ0v) is 11.0. The van der Waals surface area contributed by atoms with E-state index in [0.717, 1.165) is 16.7 Å². The highest BCUT2D eigenvalue weighted by Crippen LogP contribution is 2.25. The summed E-state index contributed by atoms with van der Waals surface area (Å²) in [5, 5.41) is 2.43. The molecular weight excluding hydrogens is 270 g/mol. The Bertz CT molecular complexity index is 606. The lowest BCUT2D eigenvalue weighted by Gasteiger charge is -2.13. The summed E-state index contributed by atoms with van der Waals surface area (Å²) >= 11 is 0. The molecule has 106 valence electrons. The van der Waals surface area contributed by atoms with Crippen molar-refractivity contribution in [1.29, 1.82) is 0 Å². The van der Waals surface area contributed by atoms with E-state index in [4.69, 9.17) is 0 Å². The van der Waals surface area contributed by atoms with Crippen molar-refractivity contribution in [2.45, 2.75) is 20.4 Å². The Hall–Kier alpha value is -2.04. The van der Waals surface area contributed by atoms with Crippen LogP contribution < -0.4 is 5.32 Å². The average molecular weight is 283 g/mol. The van der Waals surface area contributed by atoms with Crippen LogP contribution in [0.15, 0.2) is 24.3 Å². The molecule has 1 N–H and O–H groups in total. The first kappa shape index (κ1) is 14.4. The second-order valence-electron chi connectivity index (χ2n) is 4.57. The minimum absolute atomic E-state index is 0.0786. The van der Waals surface area contributed by atoms with Crippen molar-refractivity contribution in [3.05, 3.63) is 64.2 Å². The molecule has 0 bridgehead atoms. The number of halogens is 4. The Morgan fingerprint density at radius 2 is 1.40 bits per heavy atom. The van der Waals surface area contributed by atoms with Gasteiger partial charge in [0.25, 0.3) is 0 Å². The molecule has 0 aromatic heterocycles.